The number of ether oxygens (including phenoxy) is 3. The van der Waals surface area contributed by atoms with E-state index in [1.54, 1.807) is 47.2 Å². The second kappa shape index (κ2) is 11.7. The van der Waals surface area contributed by atoms with E-state index in [0.717, 1.165) is 10.0 Å². The number of fused-ring (bicyclic) bond motifs is 1. The third-order valence-electron chi connectivity index (χ3n) is 5.81. The van der Waals surface area contributed by atoms with Crippen LogP contribution < -0.4 is 4.74 Å². The quantitative estimate of drug-likeness (QED) is 0.0673. The second-order valence-electron chi connectivity index (χ2n) is 9.92. The van der Waals surface area contributed by atoms with Gasteiger partial charge in [0.2, 0.25) is 5.78 Å². The van der Waals surface area contributed by atoms with Gasteiger partial charge in [-0.2, -0.15) is 0 Å². The van der Waals surface area contributed by atoms with Crippen molar-refractivity contribution in [3.8, 4) is 5.75 Å². The number of imidazole rings is 1. The van der Waals surface area contributed by atoms with E-state index >= 15 is 0 Å². The number of nitrogens with zero attached hydrogens (tertiary/aromatic N) is 3. The van der Waals surface area contributed by atoms with Crippen molar-refractivity contribution in [3.05, 3.63) is 76.0 Å². The molecule has 0 atom stereocenters. The Bertz CT molecular complexity index is 1540. The number of carbonyl (C=O) groups excluding carboxylic acids is 1. The number of hydrogen-bond acceptors (Lipinski definition) is 7. The summed E-state index contributed by atoms with van der Waals surface area (Å²) in [5.41, 5.74) is 0.521. The van der Waals surface area contributed by atoms with Crippen LogP contribution in [0.2, 0.25) is 25.7 Å². The molecule has 0 aliphatic heterocycles. The fraction of sp³-hybridized carbons (Fsp3) is 0.308. The molecule has 0 aliphatic carbocycles. The maximum absolute atomic E-state index is 13.8. The Hall–Kier alpha value is -2.52. The van der Waals surface area contributed by atoms with E-state index in [2.05, 4.69) is 47.2 Å². The van der Waals surface area contributed by atoms with E-state index in [1.165, 1.54) is 25.4 Å². The van der Waals surface area contributed by atoms with Gasteiger partial charge in [0.15, 0.2) is 12.6 Å². The standard InChI is InChI=1S/C26H30IN3O6SSi/c1-34-18-36-19-10-11-21-22(15-30(23(21)14-19)37(32,33)20-8-6-5-7-9-20)25(31)26-28-24(27)16-29(26)17-35-12-13-38(2,3)4/h5-11,14-16H,12-13,17-18H2,1-4H3. The molecule has 0 fully saturated rings. The largest absolute Gasteiger partial charge is 0.467 e. The van der Waals surface area contributed by atoms with Crippen LogP contribution in [0.1, 0.15) is 16.2 Å². The molecular formula is C26H30IN3O6SSi. The normalized spacial score (nSPS) is 12.2. The van der Waals surface area contributed by atoms with Crippen molar-refractivity contribution >= 4 is 57.4 Å². The highest BCUT2D eigenvalue weighted by Crippen LogP contribution is 2.31. The molecule has 38 heavy (non-hydrogen) atoms. The van der Waals surface area contributed by atoms with E-state index in [9.17, 15) is 13.2 Å². The van der Waals surface area contributed by atoms with Crippen LogP contribution in [-0.2, 0) is 26.2 Å². The van der Waals surface area contributed by atoms with Crippen molar-refractivity contribution in [3.63, 3.8) is 0 Å². The number of ketones is 1. The molecule has 0 amide bonds. The van der Waals surface area contributed by atoms with E-state index in [-0.39, 0.29) is 29.8 Å². The van der Waals surface area contributed by atoms with Gasteiger partial charge in [-0.3, -0.25) is 4.79 Å². The highest BCUT2D eigenvalue weighted by molar-refractivity contribution is 14.1. The van der Waals surface area contributed by atoms with Crippen molar-refractivity contribution in [1.82, 2.24) is 13.5 Å². The van der Waals surface area contributed by atoms with Gasteiger partial charge in [0.1, 0.15) is 16.2 Å². The van der Waals surface area contributed by atoms with Crippen LogP contribution in [0.25, 0.3) is 10.9 Å². The number of aromatic nitrogens is 3. The molecule has 202 valence electrons. The molecule has 0 saturated carbocycles. The molecular weight excluding hydrogens is 637 g/mol. The van der Waals surface area contributed by atoms with Crippen LogP contribution in [0.5, 0.6) is 5.75 Å². The molecule has 9 nitrogen and oxygen atoms in total. The minimum Gasteiger partial charge on any atom is -0.467 e. The molecule has 4 aromatic rings. The number of rotatable bonds is 12. The molecule has 0 aliphatic rings. The zero-order valence-corrected chi connectivity index (χ0v) is 25.7. The number of carbonyl (C=O) groups is 1. The van der Waals surface area contributed by atoms with E-state index < -0.39 is 23.9 Å². The summed E-state index contributed by atoms with van der Waals surface area (Å²) in [6, 6.07) is 14.0. The SMILES string of the molecule is COCOc1ccc2c(C(=O)c3nc(I)cn3COCC[Si](C)(C)C)cn(S(=O)(=O)c3ccccc3)c2c1. The molecule has 2 heterocycles. The lowest BCUT2D eigenvalue weighted by atomic mass is 10.1. The number of methoxy groups -OCH3 is 1. The summed E-state index contributed by atoms with van der Waals surface area (Å²) >= 11 is 2.05. The lowest BCUT2D eigenvalue weighted by molar-refractivity contribution is 0.0512. The van der Waals surface area contributed by atoms with Crippen molar-refractivity contribution in [2.75, 3.05) is 20.5 Å². The maximum atomic E-state index is 13.8. The third kappa shape index (κ3) is 6.37. The fourth-order valence-electron chi connectivity index (χ4n) is 3.81. The number of halogens is 1. The number of hydrogen-bond donors (Lipinski definition) is 0. The minimum absolute atomic E-state index is 0.00296. The molecule has 2 aromatic carbocycles. The van der Waals surface area contributed by atoms with Gasteiger partial charge < -0.3 is 18.8 Å². The number of benzene rings is 2. The van der Waals surface area contributed by atoms with E-state index in [1.807, 2.05) is 0 Å². The maximum Gasteiger partial charge on any atom is 0.268 e. The average Bonchev–Trinajstić information content (AvgIpc) is 3.45. The summed E-state index contributed by atoms with van der Waals surface area (Å²) in [6.07, 6.45) is 3.10. The molecule has 0 N–H and O–H groups in total. The first-order valence-electron chi connectivity index (χ1n) is 11.9. The minimum atomic E-state index is -4.01. The first-order valence-corrected chi connectivity index (χ1v) is 18.2. The van der Waals surface area contributed by atoms with Gasteiger partial charge in [0, 0.05) is 45.6 Å². The molecule has 0 radical (unpaired) electrons. The van der Waals surface area contributed by atoms with Gasteiger partial charge in [-0.15, -0.1) is 0 Å². The Morgan fingerprint density at radius 1 is 1.08 bits per heavy atom. The van der Waals surface area contributed by atoms with Crippen LogP contribution in [-0.4, -0.2) is 56.3 Å². The highest BCUT2D eigenvalue weighted by atomic mass is 127. The monoisotopic (exact) mass is 667 g/mol. The van der Waals surface area contributed by atoms with Gasteiger partial charge in [-0.1, -0.05) is 37.8 Å². The molecule has 0 unspecified atom stereocenters. The van der Waals surface area contributed by atoms with Crippen molar-refractivity contribution in [2.45, 2.75) is 37.3 Å². The molecule has 4 rings (SSSR count). The third-order valence-corrected chi connectivity index (χ3v) is 9.72. The summed E-state index contributed by atoms with van der Waals surface area (Å²) in [7, 11) is -3.77. The Labute approximate surface area is 236 Å². The summed E-state index contributed by atoms with van der Waals surface area (Å²) in [6.45, 7) is 7.59. The van der Waals surface area contributed by atoms with Gasteiger partial charge in [-0.25, -0.2) is 17.4 Å². The van der Waals surface area contributed by atoms with Gasteiger partial charge in [0.25, 0.3) is 10.0 Å². The molecule has 0 bridgehead atoms. The van der Waals surface area contributed by atoms with Crippen LogP contribution in [0.4, 0.5) is 0 Å². The lowest BCUT2D eigenvalue weighted by Crippen LogP contribution is -2.22. The topological polar surface area (TPSA) is 102 Å². The zero-order valence-electron chi connectivity index (χ0n) is 21.7. The van der Waals surface area contributed by atoms with E-state index in [0.29, 0.717) is 27.0 Å². The first-order chi connectivity index (χ1) is 18.0. The van der Waals surface area contributed by atoms with Crippen molar-refractivity contribution < 1.29 is 27.4 Å². The Morgan fingerprint density at radius 2 is 1.82 bits per heavy atom. The van der Waals surface area contributed by atoms with E-state index in [4.69, 9.17) is 14.2 Å². The summed E-state index contributed by atoms with van der Waals surface area (Å²) < 4.78 is 47.0. The zero-order chi connectivity index (χ0) is 27.5. The molecule has 12 heteroatoms. The van der Waals surface area contributed by atoms with Gasteiger partial charge in [-0.05, 0) is 52.9 Å². The first kappa shape index (κ1) is 28.5. The lowest BCUT2D eigenvalue weighted by Gasteiger charge is -2.15. The summed E-state index contributed by atoms with van der Waals surface area (Å²) in [4.78, 5) is 18.4. The van der Waals surface area contributed by atoms with Crippen LogP contribution >= 0.6 is 22.6 Å². The van der Waals surface area contributed by atoms with Gasteiger partial charge >= 0.3 is 0 Å². The van der Waals surface area contributed by atoms with Crippen molar-refractivity contribution in [1.29, 1.82) is 0 Å². The smallest absolute Gasteiger partial charge is 0.268 e. The predicted molar refractivity (Wildman–Crippen MR) is 156 cm³/mol. The van der Waals surface area contributed by atoms with Gasteiger partial charge in [0.05, 0.1) is 16.0 Å². The summed E-state index contributed by atoms with van der Waals surface area (Å²) in [5, 5.41) is 0.462. The molecule has 0 saturated heterocycles. The Morgan fingerprint density at radius 3 is 2.50 bits per heavy atom. The van der Waals surface area contributed by atoms with Crippen LogP contribution in [0.15, 0.2) is 65.8 Å². The van der Waals surface area contributed by atoms with Crippen LogP contribution in [0.3, 0.4) is 0 Å². The predicted octanol–water partition coefficient (Wildman–Crippen LogP) is 5.21. The van der Waals surface area contributed by atoms with Crippen LogP contribution in [0, 0.1) is 3.70 Å². The Kier molecular flexibility index (Phi) is 8.77. The second-order valence-corrected chi connectivity index (χ2v) is 18.5. The highest BCUT2D eigenvalue weighted by Gasteiger charge is 2.27. The summed E-state index contributed by atoms with van der Waals surface area (Å²) in [5.74, 6) is 0.186. The molecule has 0 spiro atoms. The van der Waals surface area contributed by atoms with Crippen molar-refractivity contribution in [2.24, 2.45) is 0 Å². The fourth-order valence-corrected chi connectivity index (χ4v) is 6.51. The average molecular weight is 668 g/mol. The molecule has 2 aromatic heterocycles. The Balaban J connectivity index is 1.77.